The summed E-state index contributed by atoms with van der Waals surface area (Å²) in [4.78, 5) is 0. The van der Waals surface area contributed by atoms with E-state index in [9.17, 15) is 13.2 Å². The lowest BCUT2D eigenvalue weighted by Gasteiger charge is -2.13. The molecule has 2 nitrogen and oxygen atoms in total. The molecule has 0 fully saturated rings. The van der Waals surface area contributed by atoms with Gasteiger partial charge in [-0.2, -0.15) is 13.2 Å². The minimum Gasteiger partial charge on any atom is -0.397 e. The van der Waals surface area contributed by atoms with Gasteiger partial charge in [0.2, 0.25) is 0 Å². The van der Waals surface area contributed by atoms with E-state index in [0.717, 1.165) is 12.1 Å². The zero-order valence-corrected chi connectivity index (χ0v) is 7.87. The van der Waals surface area contributed by atoms with Crippen LogP contribution in [0.2, 0.25) is 0 Å². The van der Waals surface area contributed by atoms with Crippen LogP contribution in [0, 0.1) is 6.92 Å². The van der Waals surface area contributed by atoms with Gasteiger partial charge in [-0.15, -0.1) is 0 Å². The predicted octanol–water partition coefficient (Wildman–Crippen LogP) is 2.64. The molecule has 0 saturated carbocycles. The topological polar surface area (TPSA) is 38.0 Å². The van der Waals surface area contributed by atoms with Crippen molar-refractivity contribution in [3.05, 3.63) is 23.3 Å². The SMILES string of the molecule is CNc1cc(C(F)(F)F)cc(C)c1N. The molecule has 0 bridgehead atoms. The second kappa shape index (κ2) is 3.40. The molecule has 14 heavy (non-hydrogen) atoms. The summed E-state index contributed by atoms with van der Waals surface area (Å²) in [6.07, 6.45) is -4.33. The van der Waals surface area contributed by atoms with E-state index in [1.807, 2.05) is 0 Å². The van der Waals surface area contributed by atoms with Crippen LogP contribution < -0.4 is 11.1 Å². The first-order valence-electron chi connectivity index (χ1n) is 4.01. The van der Waals surface area contributed by atoms with Gasteiger partial charge in [-0.25, -0.2) is 0 Å². The summed E-state index contributed by atoms with van der Waals surface area (Å²) in [6, 6.07) is 2.04. The Balaban J connectivity index is 3.30. The number of halogens is 3. The molecule has 0 spiro atoms. The Morgan fingerprint density at radius 1 is 1.29 bits per heavy atom. The summed E-state index contributed by atoms with van der Waals surface area (Å²) in [5.74, 6) is 0. The number of hydrogen-bond donors (Lipinski definition) is 2. The summed E-state index contributed by atoms with van der Waals surface area (Å²) in [6.45, 7) is 1.55. The van der Waals surface area contributed by atoms with Crippen LogP contribution in [0.1, 0.15) is 11.1 Å². The zero-order valence-electron chi connectivity index (χ0n) is 7.87. The average Bonchev–Trinajstić information content (AvgIpc) is 2.07. The molecule has 0 heterocycles. The molecule has 0 unspecified atom stereocenters. The van der Waals surface area contributed by atoms with E-state index in [0.29, 0.717) is 16.9 Å². The number of nitrogens with one attached hydrogen (secondary N) is 1. The van der Waals surface area contributed by atoms with Crippen LogP contribution >= 0.6 is 0 Å². The van der Waals surface area contributed by atoms with Crippen LogP contribution in [0.15, 0.2) is 12.1 Å². The Morgan fingerprint density at radius 3 is 2.29 bits per heavy atom. The fourth-order valence-electron chi connectivity index (χ4n) is 1.17. The molecule has 0 aliphatic heterocycles. The molecule has 3 N–H and O–H groups in total. The maximum atomic E-state index is 12.3. The lowest BCUT2D eigenvalue weighted by molar-refractivity contribution is -0.137. The smallest absolute Gasteiger partial charge is 0.397 e. The summed E-state index contributed by atoms with van der Waals surface area (Å²) in [5, 5.41) is 2.62. The van der Waals surface area contributed by atoms with Crippen molar-refractivity contribution in [3.8, 4) is 0 Å². The fraction of sp³-hybridized carbons (Fsp3) is 0.333. The lowest BCUT2D eigenvalue weighted by atomic mass is 10.1. The molecule has 0 aliphatic carbocycles. The van der Waals surface area contributed by atoms with Crippen molar-refractivity contribution in [1.82, 2.24) is 0 Å². The first kappa shape index (κ1) is 10.7. The molecule has 5 heteroatoms. The molecule has 0 amide bonds. The second-order valence-electron chi connectivity index (χ2n) is 3.00. The summed E-state index contributed by atoms with van der Waals surface area (Å²) in [7, 11) is 1.53. The quantitative estimate of drug-likeness (QED) is 0.690. The third-order valence-electron chi connectivity index (χ3n) is 1.98. The van der Waals surface area contributed by atoms with Crippen LogP contribution in [0.25, 0.3) is 0 Å². The number of aryl methyl sites for hydroxylation is 1. The Bertz CT molecular complexity index is 345. The van der Waals surface area contributed by atoms with Gasteiger partial charge in [0.05, 0.1) is 16.9 Å². The van der Waals surface area contributed by atoms with Crippen LogP contribution in [-0.4, -0.2) is 7.05 Å². The maximum absolute atomic E-state index is 12.3. The van der Waals surface area contributed by atoms with Crippen LogP contribution in [0.4, 0.5) is 24.5 Å². The molecular weight excluding hydrogens is 193 g/mol. The number of anilines is 2. The fourth-order valence-corrected chi connectivity index (χ4v) is 1.17. The predicted molar refractivity (Wildman–Crippen MR) is 50.1 cm³/mol. The number of hydrogen-bond acceptors (Lipinski definition) is 2. The number of alkyl halides is 3. The summed E-state index contributed by atoms with van der Waals surface area (Å²) < 4.78 is 37.0. The van der Waals surface area contributed by atoms with E-state index >= 15 is 0 Å². The van der Waals surface area contributed by atoms with Gasteiger partial charge in [0.25, 0.3) is 0 Å². The van der Waals surface area contributed by atoms with Crippen molar-refractivity contribution >= 4 is 11.4 Å². The highest BCUT2D eigenvalue weighted by Gasteiger charge is 2.31. The van der Waals surface area contributed by atoms with Gasteiger partial charge in [0, 0.05) is 7.05 Å². The van der Waals surface area contributed by atoms with E-state index in [1.54, 1.807) is 6.92 Å². The molecule has 0 aliphatic rings. The van der Waals surface area contributed by atoms with Gasteiger partial charge < -0.3 is 11.1 Å². The van der Waals surface area contributed by atoms with Crippen molar-refractivity contribution in [3.63, 3.8) is 0 Å². The molecule has 0 radical (unpaired) electrons. The van der Waals surface area contributed by atoms with E-state index in [1.165, 1.54) is 7.05 Å². The normalized spacial score (nSPS) is 11.5. The first-order valence-corrected chi connectivity index (χ1v) is 4.01. The van der Waals surface area contributed by atoms with Crippen molar-refractivity contribution in [2.45, 2.75) is 13.1 Å². The van der Waals surface area contributed by atoms with Gasteiger partial charge in [-0.3, -0.25) is 0 Å². The molecule has 0 aromatic heterocycles. The molecule has 0 atom stereocenters. The van der Waals surface area contributed by atoms with Crippen molar-refractivity contribution in [2.24, 2.45) is 0 Å². The third kappa shape index (κ3) is 1.92. The van der Waals surface area contributed by atoms with Gasteiger partial charge in [-0.1, -0.05) is 0 Å². The number of benzene rings is 1. The van der Waals surface area contributed by atoms with Gasteiger partial charge >= 0.3 is 6.18 Å². The van der Waals surface area contributed by atoms with Crippen LogP contribution in [0.3, 0.4) is 0 Å². The lowest BCUT2D eigenvalue weighted by Crippen LogP contribution is -2.08. The molecule has 1 aromatic rings. The summed E-state index contributed by atoms with van der Waals surface area (Å²) >= 11 is 0. The Kier molecular flexibility index (Phi) is 2.59. The summed E-state index contributed by atoms with van der Waals surface area (Å²) in [5.41, 5.74) is 5.96. The van der Waals surface area contributed by atoms with Crippen molar-refractivity contribution < 1.29 is 13.2 Å². The van der Waals surface area contributed by atoms with E-state index in [-0.39, 0.29) is 0 Å². The highest BCUT2D eigenvalue weighted by atomic mass is 19.4. The third-order valence-corrected chi connectivity index (χ3v) is 1.98. The highest BCUT2D eigenvalue weighted by Crippen LogP contribution is 2.34. The number of nitrogen functional groups attached to an aromatic ring is 1. The monoisotopic (exact) mass is 204 g/mol. The van der Waals surface area contributed by atoms with Gasteiger partial charge in [0.15, 0.2) is 0 Å². The molecular formula is C9H11F3N2. The van der Waals surface area contributed by atoms with Crippen molar-refractivity contribution in [2.75, 3.05) is 18.1 Å². The maximum Gasteiger partial charge on any atom is 0.416 e. The number of rotatable bonds is 1. The van der Waals surface area contributed by atoms with E-state index in [2.05, 4.69) is 5.32 Å². The van der Waals surface area contributed by atoms with Crippen LogP contribution in [0.5, 0.6) is 0 Å². The number of nitrogens with two attached hydrogens (primary N) is 1. The Labute approximate surface area is 79.9 Å². The Morgan fingerprint density at radius 2 is 1.86 bits per heavy atom. The molecule has 0 saturated heterocycles. The average molecular weight is 204 g/mol. The minimum absolute atomic E-state index is 0.303. The van der Waals surface area contributed by atoms with E-state index < -0.39 is 11.7 Å². The van der Waals surface area contributed by atoms with Gasteiger partial charge in [0.1, 0.15) is 0 Å². The van der Waals surface area contributed by atoms with Crippen LogP contribution in [-0.2, 0) is 6.18 Å². The molecule has 1 aromatic carbocycles. The second-order valence-corrected chi connectivity index (χ2v) is 3.00. The van der Waals surface area contributed by atoms with Crippen molar-refractivity contribution in [1.29, 1.82) is 0 Å². The highest BCUT2D eigenvalue weighted by molar-refractivity contribution is 5.70. The largest absolute Gasteiger partial charge is 0.416 e. The molecule has 78 valence electrons. The molecule has 1 rings (SSSR count). The van der Waals surface area contributed by atoms with Gasteiger partial charge in [-0.05, 0) is 24.6 Å². The van der Waals surface area contributed by atoms with E-state index in [4.69, 9.17) is 5.73 Å². The minimum atomic E-state index is -4.33. The zero-order chi connectivity index (χ0) is 10.9. The standard InChI is InChI=1S/C9H11F3N2/c1-5-3-6(9(10,11)12)4-7(14-2)8(5)13/h3-4,14H,13H2,1-2H3. The Hall–Kier alpha value is -1.39. The first-order chi connectivity index (χ1) is 6.36.